The number of imidazole rings is 1. The highest BCUT2D eigenvalue weighted by Gasteiger charge is 2.17. The molecular weight excluding hydrogens is 334 g/mol. The van der Waals surface area contributed by atoms with E-state index in [1.54, 1.807) is 0 Å². The van der Waals surface area contributed by atoms with Crippen LogP contribution in [0.3, 0.4) is 0 Å². The van der Waals surface area contributed by atoms with Gasteiger partial charge in [-0.25, -0.2) is 4.98 Å². The minimum absolute atomic E-state index is 0.741. The van der Waals surface area contributed by atoms with Crippen molar-refractivity contribution >= 4 is 22.4 Å². The number of nitrogens with two attached hydrogens (primary N) is 1. The van der Waals surface area contributed by atoms with Gasteiger partial charge < -0.3 is 20.5 Å². The maximum Gasteiger partial charge on any atom is 0.129 e. The van der Waals surface area contributed by atoms with E-state index in [4.69, 9.17) is 10.7 Å². The maximum absolute atomic E-state index is 5.70. The molecule has 3 N–H and O–H groups in total. The molecule has 0 bridgehead atoms. The summed E-state index contributed by atoms with van der Waals surface area (Å²) in [6, 6.07) is 15.0. The molecule has 5 nitrogen and oxygen atoms in total. The minimum Gasteiger partial charge on any atom is -0.385 e. The highest BCUT2D eigenvalue weighted by Crippen LogP contribution is 2.32. The lowest BCUT2D eigenvalue weighted by Crippen LogP contribution is -2.23. The van der Waals surface area contributed by atoms with Crippen molar-refractivity contribution in [2.45, 2.75) is 38.8 Å². The van der Waals surface area contributed by atoms with Crippen molar-refractivity contribution in [2.75, 3.05) is 30.4 Å². The number of aryl methyl sites for hydroxylation is 1. The molecule has 0 radical (unpaired) electrons. The first-order chi connectivity index (χ1) is 13.3. The molecule has 0 fully saturated rings. The van der Waals surface area contributed by atoms with E-state index < -0.39 is 0 Å². The molecule has 1 aliphatic rings. The van der Waals surface area contributed by atoms with E-state index in [1.165, 1.54) is 28.9 Å². The van der Waals surface area contributed by atoms with Crippen molar-refractivity contribution in [3.8, 4) is 0 Å². The molecule has 2 heterocycles. The van der Waals surface area contributed by atoms with Gasteiger partial charge in [-0.3, -0.25) is 0 Å². The van der Waals surface area contributed by atoms with Gasteiger partial charge in [-0.2, -0.15) is 0 Å². The summed E-state index contributed by atoms with van der Waals surface area (Å²) in [7, 11) is 2.17. The molecule has 0 aliphatic carbocycles. The average Bonchev–Trinajstić information content (AvgIpc) is 3.05. The second kappa shape index (κ2) is 8.01. The molecule has 0 spiro atoms. The van der Waals surface area contributed by atoms with Crippen molar-refractivity contribution < 1.29 is 0 Å². The highest BCUT2D eigenvalue weighted by molar-refractivity contribution is 5.76. The number of nitrogens with zero attached hydrogens (tertiary/aromatic N) is 3. The van der Waals surface area contributed by atoms with Crippen molar-refractivity contribution in [1.82, 2.24) is 9.55 Å². The molecule has 142 valence electrons. The third-order valence-electron chi connectivity index (χ3n) is 5.43. The van der Waals surface area contributed by atoms with E-state index in [-0.39, 0.29) is 0 Å². The van der Waals surface area contributed by atoms with E-state index in [9.17, 15) is 0 Å². The van der Waals surface area contributed by atoms with Crippen molar-refractivity contribution in [3.05, 3.63) is 53.9 Å². The summed E-state index contributed by atoms with van der Waals surface area (Å²) in [5.74, 6) is 1.12. The van der Waals surface area contributed by atoms with Gasteiger partial charge in [-0.15, -0.1) is 0 Å². The molecule has 0 unspecified atom stereocenters. The quantitative estimate of drug-likeness (QED) is 0.628. The van der Waals surface area contributed by atoms with E-state index in [0.717, 1.165) is 56.8 Å². The highest BCUT2D eigenvalue weighted by atomic mass is 15.2. The predicted octanol–water partition coefficient (Wildman–Crippen LogP) is 3.77. The van der Waals surface area contributed by atoms with E-state index in [1.807, 2.05) is 0 Å². The molecule has 0 saturated heterocycles. The first kappa shape index (κ1) is 17.9. The SMILES string of the molecule is CN(Cc1nc2ccccc2n1CCCCN)c1cccc2c1CCCN2. The first-order valence-corrected chi connectivity index (χ1v) is 9.99. The summed E-state index contributed by atoms with van der Waals surface area (Å²) < 4.78 is 2.37. The fraction of sp³-hybridized carbons (Fsp3) is 0.409. The molecular formula is C22H29N5. The number of nitrogens with one attached hydrogen (secondary N) is 1. The summed E-state index contributed by atoms with van der Waals surface area (Å²) in [4.78, 5) is 7.28. The molecule has 3 aromatic rings. The Hall–Kier alpha value is -2.53. The number of hydrogen-bond acceptors (Lipinski definition) is 4. The smallest absolute Gasteiger partial charge is 0.129 e. The molecule has 2 aromatic carbocycles. The third kappa shape index (κ3) is 3.65. The van der Waals surface area contributed by atoms with Crippen molar-refractivity contribution in [1.29, 1.82) is 0 Å². The van der Waals surface area contributed by atoms with Crippen LogP contribution in [-0.4, -0.2) is 29.7 Å². The summed E-state index contributed by atoms with van der Waals surface area (Å²) in [5.41, 5.74) is 12.0. The number of aromatic nitrogens is 2. The zero-order chi connectivity index (χ0) is 18.6. The van der Waals surface area contributed by atoms with Gasteiger partial charge in [-0.1, -0.05) is 18.2 Å². The zero-order valence-corrected chi connectivity index (χ0v) is 16.1. The van der Waals surface area contributed by atoms with Gasteiger partial charge in [0.05, 0.1) is 17.6 Å². The molecule has 1 aliphatic heterocycles. The first-order valence-electron chi connectivity index (χ1n) is 9.99. The Morgan fingerprint density at radius 3 is 2.93 bits per heavy atom. The largest absolute Gasteiger partial charge is 0.385 e. The lowest BCUT2D eigenvalue weighted by atomic mass is 10.0. The number of benzene rings is 2. The Labute approximate surface area is 161 Å². The summed E-state index contributed by atoms with van der Waals surface area (Å²) in [6.07, 6.45) is 4.45. The van der Waals surface area contributed by atoms with Crippen LogP contribution in [-0.2, 0) is 19.5 Å². The second-order valence-electron chi connectivity index (χ2n) is 7.35. The van der Waals surface area contributed by atoms with Crippen LogP contribution in [0.5, 0.6) is 0 Å². The molecule has 0 amide bonds. The molecule has 0 saturated carbocycles. The monoisotopic (exact) mass is 363 g/mol. The van der Waals surface area contributed by atoms with Crippen LogP contribution in [0.4, 0.5) is 11.4 Å². The zero-order valence-electron chi connectivity index (χ0n) is 16.1. The average molecular weight is 364 g/mol. The normalized spacial score (nSPS) is 13.4. The van der Waals surface area contributed by atoms with Crippen molar-refractivity contribution in [3.63, 3.8) is 0 Å². The van der Waals surface area contributed by atoms with Crippen LogP contribution in [0, 0.1) is 0 Å². The minimum atomic E-state index is 0.741. The molecule has 5 heteroatoms. The van der Waals surface area contributed by atoms with Gasteiger partial charge in [0.1, 0.15) is 5.82 Å². The van der Waals surface area contributed by atoms with Crippen LogP contribution < -0.4 is 16.0 Å². The Morgan fingerprint density at radius 2 is 2.04 bits per heavy atom. The summed E-state index contributed by atoms with van der Waals surface area (Å²) >= 11 is 0. The van der Waals surface area contributed by atoms with Crippen LogP contribution in [0.2, 0.25) is 0 Å². The van der Waals surface area contributed by atoms with Crippen molar-refractivity contribution in [2.24, 2.45) is 5.73 Å². The van der Waals surface area contributed by atoms with E-state index in [0.29, 0.717) is 0 Å². The lowest BCUT2D eigenvalue weighted by Gasteiger charge is -2.27. The second-order valence-corrected chi connectivity index (χ2v) is 7.35. The fourth-order valence-electron chi connectivity index (χ4n) is 4.06. The number of para-hydroxylation sites is 2. The molecule has 27 heavy (non-hydrogen) atoms. The number of hydrogen-bond donors (Lipinski definition) is 2. The summed E-state index contributed by atoms with van der Waals surface area (Å²) in [6.45, 7) is 3.57. The Bertz CT molecular complexity index is 914. The maximum atomic E-state index is 5.70. The van der Waals surface area contributed by atoms with Crippen LogP contribution >= 0.6 is 0 Å². The molecule has 0 atom stereocenters. The van der Waals surface area contributed by atoms with Crippen LogP contribution in [0.1, 0.15) is 30.7 Å². The Balaban J connectivity index is 1.64. The van der Waals surface area contributed by atoms with Crippen LogP contribution in [0.15, 0.2) is 42.5 Å². The number of unbranched alkanes of at least 4 members (excludes halogenated alkanes) is 1. The lowest BCUT2D eigenvalue weighted by molar-refractivity contribution is 0.599. The van der Waals surface area contributed by atoms with Gasteiger partial charge in [0.15, 0.2) is 0 Å². The van der Waals surface area contributed by atoms with Crippen LogP contribution in [0.25, 0.3) is 11.0 Å². The Kier molecular flexibility index (Phi) is 5.30. The van der Waals surface area contributed by atoms with Gasteiger partial charge in [0.25, 0.3) is 0 Å². The van der Waals surface area contributed by atoms with Gasteiger partial charge in [0, 0.05) is 31.5 Å². The number of rotatable bonds is 7. The van der Waals surface area contributed by atoms with Gasteiger partial charge in [-0.05, 0) is 62.1 Å². The summed E-state index contributed by atoms with van der Waals surface area (Å²) in [5, 5.41) is 3.53. The fourth-order valence-corrected chi connectivity index (χ4v) is 4.06. The topological polar surface area (TPSA) is 59.1 Å². The Morgan fingerprint density at radius 1 is 1.15 bits per heavy atom. The third-order valence-corrected chi connectivity index (χ3v) is 5.43. The number of fused-ring (bicyclic) bond motifs is 2. The number of anilines is 2. The molecule has 4 rings (SSSR count). The predicted molar refractivity (Wildman–Crippen MR) is 113 cm³/mol. The van der Waals surface area contributed by atoms with E-state index in [2.05, 4.69) is 64.3 Å². The standard InChI is InChI=1S/C22H29N5/c1-26(20-12-6-10-18-17(20)8-7-14-24-18)16-22-25-19-9-2-3-11-21(19)27(22)15-5-4-13-23/h2-3,6,9-12,24H,4-5,7-8,13-16,23H2,1H3. The molecule has 1 aromatic heterocycles. The van der Waals surface area contributed by atoms with Gasteiger partial charge in [0.2, 0.25) is 0 Å². The van der Waals surface area contributed by atoms with Gasteiger partial charge >= 0.3 is 0 Å². The van der Waals surface area contributed by atoms with E-state index >= 15 is 0 Å².